The molecule has 0 aliphatic carbocycles. The summed E-state index contributed by atoms with van der Waals surface area (Å²) in [7, 11) is -2.18. The number of rotatable bonds is 6. The number of amides is 1. The molecule has 0 saturated carbocycles. The lowest BCUT2D eigenvalue weighted by Crippen LogP contribution is -2.27. The molecule has 0 aliphatic rings. The fourth-order valence-corrected chi connectivity index (χ4v) is 3.93. The number of carbonyl (C=O) groups excluding carboxylic acids is 1. The molecule has 1 heterocycles. The minimum absolute atomic E-state index is 0.00486. The van der Waals surface area contributed by atoms with Gasteiger partial charge in [-0.2, -0.15) is 4.31 Å². The van der Waals surface area contributed by atoms with Gasteiger partial charge < -0.3 is 5.32 Å². The molecule has 156 valence electrons. The zero-order valence-electron chi connectivity index (χ0n) is 17.4. The molecule has 1 aromatic heterocycles. The number of aromatic nitrogens is 2. The van der Waals surface area contributed by atoms with E-state index in [0.29, 0.717) is 11.4 Å². The Kier molecular flexibility index (Phi) is 6.28. The molecule has 0 aliphatic heterocycles. The largest absolute Gasteiger partial charge is 0.322 e. The van der Waals surface area contributed by atoms with E-state index >= 15 is 0 Å². The van der Waals surface area contributed by atoms with Crippen molar-refractivity contribution < 1.29 is 13.2 Å². The molecule has 2 aromatic carbocycles. The van der Waals surface area contributed by atoms with Gasteiger partial charge in [0.2, 0.25) is 10.0 Å². The van der Waals surface area contributed by atoms with Gasteiger partial charge in [-0.25, -0.2) is 18.4 Å². The van der Waals surface area contributed by atoms with Gasteiger partial charge in [0, 0.05) is 25.1 Å². The summed E-state index contributed by atoms with van der Waals surface area (Å²) in [5.74, 6) is -0.0210. The van der Waals surface area contributed by atoms with E-state index in [-0.39, 0.29) is 17.3 Å². The molecule has 0 unspecified atom stereocenters. The van der Waals surface area contributed by atoms with Crippen LogP contribution < -0.4 is 5.32 Å². The van der Waals surface area contributed by atoms with Gasteiger partial charge in [-0.3, -0.25) is 4.79 Å². The predicted octanol–water partition coefficient (Wildman–Crippen LogP) is 3.47. The van der Waals surface area contributed by atoms with Crippen molar-refractivity contribution >= 4 is 21.6 Å². The van der Waals surface area contributed by atoms with Crippen LogP contribution in [0.15, 0.2) is 59.8 Å². The van der Waals surface area contributed by atoms with Crippen molar-refractivity contribution in [2.24, 2.45) is 0 Å². The lowest BCUT2D eigenvalue weighted by Gasteiger charge is -2.16. The molecule has 0 radical (unpaired) electrons. The SMILES string of the molecule is Cc1ccc(S(=O)(=O)N(C)Cc2ncc(C(=O)Nc3cccc(C)c3C)cn2)cc1. The van der Waals surface area contributed by atoms with Gasteiger partial charge in [0.15, 0.2) is 0 Å². The van der Waals surface area contributed by atoms with Gasteiger partial charge in [-0.05, 0) is 50.1 Å². The van der Waals surface area contributed by atoms with Crippen LogP contribution in [0.25, 0.3) is 0 Å². The maximum absolute atomic E-state index is 12.7. The van der Waals surface area contributed by atoms with Gasteiger partial charge >= 0.3 is 0 Å². The van der Waals surface area contributed by atoms with E-state index in [1.54, 1.807) is 24.3 Å². The first-order valence-electron chi connectivity index (χ1n) is 9.40. The van der Waals surface area contributed by atoms with Crippen molar-refractivity contribution in [2.75, 3.05) is 12.4 Å². The van der Waals surface area contributed by atoms with Crippen molar-refractivity contribution in [1.29, 1.82) is 0 Å². The Balaban J connectivity index is 1.70. The van der Waals surface area contributed by atoms with Crippen molar-refractivity contribution in [1.82, 2.24) is 14.3 Å². The molecule has 8 heteroatoms. The number of nitrogens with zero attached hydrogens (tertiary/aromatic N) is 3. The normalized spacial score (nSPS) is 11.5. The minimum atomic E-state index is -3.66. The lowest BCUT2D eigenvalue weighted by molar-refractivity contribution is 0.102. The van der Waals surface area contributed by atoms with Crippen molar-refractivity contribution in [3.8, 4) is 0 Å². The maximum Gasteiger partial charge on any atom is 0.258 e. The second-order valence-electron chi connectivity index (χ2n) is 7.16. The Morgan fingerprint density at radius 2 is 1.63 bits per heavy atom. The fraction of sp³-hybridized carbons (Fsp3) is 0.227. The highest BCUT2D eigenvalue weighted by molar-refractivity contribution is 7.89. The third-order valence-corrected chi connectivity index (χ3v) is 6.73. The highest BCUT2D eigenvalue weighted by atomic mass is 32.2. The first kappa shape index (κ1) is 21.6. The third kappa shape index (κ3) is 4.72. The number of sulfonamides is 1. The summed E-state index contributed by atoms with van der Waals surface area (Å²) in [5.41, 5.74) is 4.08. The monoisotopic (exact) mass is 424 g/mol. The molecule has 0 saturated heterocycles. The van der Waals surface area contributed by atoms with Crippen LogP contribution in [0.4, 0.5) is 5.69 Å². The Bertz CT molecular complexity index is 1160. The van der Waals surface area contributed by atoms with Crippen LogP contribution in [0.2, 0.25) is 0 Å². The Hall–Kier alpha value is -3.10. The summed E-state index contributed by atoms with van der Waals surface area (Å²) in [6.07, 6.45) is 2.80. The van der Waals surface area contributed by atoms with E-state index in [1.807, 2.05) is 39.0 Å². The number of carbonyl (C=O) groups is 1. The molecule has 1 amide bonds. The average molecular weight is 425 g/mol. The zero-order valence-corrected chi connectivity index (χ0v) is 18.2. The first-order chi connectivity index (χ1) is 14.2. The standard InChI is InChI=1S/C22H24N4O3S/c1-15-8-10-19(11-9-15)30(28,29)26(4)14-21-23-12-18(13-24-21)22(27)25-20-7-5-6-16(2)17(20)3/h5-13H,14H2,1-4H3,(H,25,27). The summed E-state index contributed by atoms with van der Waals surface area (Å²) in [5, 5.41) is 2.85. The molecule has 0 fully saturated rings. The van der Waals surface area contributed by atoms with Gasteiger partial charge in [0.1, 0.15) is 5.82 Å². The van der Waals surface area contributed by atoms with E-state index in [9.17, 15) is 13.2 Å². The average Bonchev–Trinajstić information content (AvgIpc) is 2.72. The number of hydrogen-bond donors (Lipinski definition) is 1. The summed E-state index contributed by atoms with van der Waals surface area (Å²) < 4.78 is 26.6. The van der Waals surface area contributed by atoms with Gasteiger partial charge in [0.25, 0.3) is 5.91 Å². The van der Waals surface area contributed by atoms with E-state index in [1.165, 1.54) is 23.7 Å². The van der Waals surface area contributed by atoms with Gasteiger partial charge in [0.05, 0.1) is 17.0 Å². The van der Waals surface area contributed by atoms with Gasteiger partial charge in [-0.15, -0.1) is 0 Å². The van der Waals surface area contributed by atoms with E-state index in [0.717, 1.165) is 22.4 Å². The van der Waals surface area contributed by atoms with Crippen molar-refractivity contribution in [3.05, 3.63) is 82.9 Å². The Morgan fingerprint density at radius 1 is 1.00 bits per heavy atom. The van der Waals surface area contributed by atoms with Crippen LogP contribution >= 0.6 is 0 Å². The quantitative estimate of drug-likeness (QED) is 0.654. The van der Waals surface area contributed by atoms with Crippen LogP contribution in [0.5, 0.6) is 0 Å². The molecule has 30 heavy (non-hydrogen) atoms. The van der Waals surface area contributed by atoms with Crippen molar-refractivity contribution in [2.45, 2.75) is 32.2 Å². The second kappa shape index (κ2) is 8.73. The van der Waals surface area contributed by atoms with Crippen LogP contribution in [0.1, 0.15) is 32.9 Å². The zero-order chi connectivity index (χ0) is 21.9. The van der Waals surface area contributed by atoms with E-state index in [2.05, 4.69) is 15.3 Å². The van der Waals surface area contributed by atoms with Crippen LogP contribution in [-0.4, -0.2) is 35.6 Å². The summed E-state index contributed by atoms with van der Waals surface area (Å²) in [4.78, 5) is 21.0. The van der Waals surface area contributed by atoms with Gasteiger partial charge in [-0.1, -0.05) is 29.8 Å². The molecular weight excluding hydrogens is 400 g/mol. The lowest BCUT2D eigenvalue weighted by atomic mass is 10.1. The molecule has 7 nitrogen and oxygen atoms in total. The Labute approximate surface area is 176 Å². The summed E-state index contributed by atoms with van der Waals surface area (Å²) >= 11 is 0. The maximum atomic E-state index is 12.7. The van der Waals surface area contributed by atoms with Crippen LogP contribution in [0.3, 0.4) is 0 Å². The smallest absolute Gasteiger partial charge is 0.258 e. The summed E-state index contributed by atoms with van der Waals surface area (Å²) in [6, 6.07) is 12.3. The first-order valence-corrected chi connectivity index (χ1v) is 10.8. The third-order valence-electron chi connectivity index (χ3n) is 4.91. The topological polar surface area (TPSA) is 92.3 Å². The molecule has 3 aromatic rings. The minimum Gasteiger partial charge on any atom is -0.322 e. The van der Waals surface area contributed by atoms with Crippen LogP contribution in [-0.2, 0) is 16.6 Å². The number of nitrogens with one attached hydrogen (secondary N) is 1. The van der Waals surface area contributed by atoms with E-state index < -0.39 is 10.0 Å². The number of anilines is 1. The molecule has 1 N–H and O–H groups in total. The fourth-order valence-electron chi connectivity index (χ4n) is 2.81. The molecule has 3 rings (SSSR count). The molecule has 0 bridgehead atoms. The number of benzene rings is 2. The number of hydrogen-bond acceptors (Lipinski definition) is 5. The Morgan fingerprint density at radius 3 is 2.27 bits per heavy atom. The molecule has 0 atom stereocenters. The summed E-state index contributed by atoms with van der Waals surface area (Å²) in [6.45, 7) is 5.81. The second-order valence-corrected chi connectivity index (χ2v) is 9.21. The number of aryl methyl sites for hydroxylation is 2. The highest BCUT2D eigenvalue weighted by Gasteiger charge is 2.21. The van der Waals surface area contributed by atoms with Crippen molar-refractivity contribution in [3.63, 3.8) is 0 Å². The van der Waals surface area contributed by atoms with Crippen LogP contribution in [0, 0.1) is 20.8 Å². The highest BCUT2D eigenvalue weighted by Crippen LogP contribution is 2.19. The van der Waals surface area contributed by atoms with E-state index in [4.69, 9.17) is 0 Å². The molecule has 0 spiro atoms. The molecular formula is C22H24N4O3S. The predicted molar refractivity (Wildman–Crippen MR) is 116 cm³/mol.